The highest BCUT2D eigenvalue weighted by Crippen LogP contribution is 2.40. The SMILES string of the molecule is O=C(N1CCOCC1)C12CCOCC1CNC2. The number of amides is 1. The Kier molecular flexibility index (Phi) is 3.06. The molecule has 0 aromatic heterocycles. The van der Waals surface area contributed by atoms with E-state index in [1.165, 1.54) is 0 Å². The Morgan fingerprint density at radius 2 is 2.06 bits per heavy atom. The number of carbonyl (C=O) groups excluding carboxylic acids is 1. The van der Waals surface area contributed by atoms with Crippen LogP contribution < -0.4 is 5.32 Å². The number of hydrogen-bond acceptors (Lipinski definition) is 4. The summed E-state index contributed by atoms with van der Waals surface area (Å²) in [5.74, 6) is 0.672. The molecule has 3 aliphatic rings. The topological polar surface area (TPSA) is 50.8 Å². The highest BCUT2D eigenvalue weighted by molar-refractivity contribution is 5.84. The van der Waals surface area contributed by atoms with E-state index >= 15 is 0 Å². The summed E-state index contributed by atoms with van der Waals surface area (Å²) in [4.78, 5) is 14.7. The van der Waals surface area contributed by atoms with E-state index in [-0.39, 0.29) is 5.41 Å². The molecule has 3 heterocycles. The van der Waals surface area contributed by atoms with Crippen molar-refractivity contribution < 1.29 is 14.3 Å². The summed E-state index contributed by atoms with van der Waals surface area (Å²) in [7, 11) is 0. The molecule has 5 heteroatoms. The number of fused-ring (bicyclic) bond motifs is 1. The van der Waals surface area contributed by atoms with Gasteiger partial charge in [-0.2, -0.15) is 0 Å². The summed E-state index contributed by atoms with van der Waals surface area (Å²) in [6, 6.07) is 0. The first-order valence-corrected chi connectivity index (χ1v) is 6.48. The fraction of sp³-hybridized carbons (Fsp3) is 0.917. The van der Waals surface area contributed by atoms with E-state index in [1.54, 1.807) is 0 Å². The predicted molar refractivity (Wildman–Crippen MR) is 61.6 cm³/mol. The minimum atomic E-state index is -0.199. The van der Waals surface area contributed by atoms with Gasteiger partial charge < -0.3 is 19.7 Å². The van der Waals surface area contributed by atoms with Gasteiger partial charge in [0.2, 0.25) is 5.91 Å². The number of morpholine rings is 1. The third-order valence-corrected chi connectivity index (χ3v) is 4.35. The maximum absolute atomic E-state index is 12.7. The molecular weight excluding hydrogens is 220 g/mol. The van der Waals surface area contributed by atoms with E-state index in [2.05, 4.69) is 5.32 Å². The Bertz CT molecular complexity index is 304. The van der Waals surface area contributed by atoms with Gasteiger partial charge >= 0.3 is 0 Å². The van der Waals surface area contributed by atoms with Gasteiger partial charge in [-0.15, -0.1) is 0 Å². The van der Waals surface area contributed by atoms with E-state index in [4.69, 9.17) is 9.47 Å². The molecule has 0 aromatic carbocycles. The first kappa shape index (κ1) is 11.4. The lowest BCUT2D eigenvalue weighted by atomic mass is 9.73. The molecule has 5 nitrogen and oxygen atoms in total. The number of rotatable bonds is 1. The van der Waals surface area contributed by atoms with Gasteiger partial charge in [0.05, 0.1) is 25.2 Å². The minimum Gasteiger partial charge on any atom is -0.381 e. The van der Waals surface area contributed by atoms with Crippen molar-refractivity contribution in [1.82, 2.24) is 10.2 Å². The molecule has 17 heavy (non-hydrogen) atoms. The summed E-state index contributed by atoms with van der Waals surface area (Å²) in [6.45, 7) is 6.01. The minimum absolute atomic E-state index is 0.199. The first-order valence-electron chi connectivity index (χ1n) is 6.48. The summed E-state index contributed by atoms with van der Waals surface area (Å²) in [5, 5.41) is 3.37. The van der Waals surface area contributed by atoms with Crippen LogP contribution in [-0.2, 0) is 14.3 Å². The summed E-state index contributed by atoms with van der Waals surface area (Å²) < 4.78 is 10.8. The highest BCUT2D eigenvalue weighted by atomic mass is 16.5. The molecule has 1 N–H and O–H groups in total. The van der Waals surface area contributed by atoms with Crippen LogP contribution in [0.4, 0.5) is 0 Å². The molecule has 0 aliphatic carbocycles. The second-order valence-electron chi connectivity index (χ2n) is 5.21. The van der Waals surface area contributed by atoms with E-state index in [0.29, 0.717) is 31.6 Å². The van der Waals surface area contributed by atoms with Crippen LogP contribution in [0.1, 0.15) is 6.42 Å². The Hall–Kier alpha value is -0.650. The van der Waals surface area contributed by atoms with Crippen LogP contribution >= 0.6 is 0 Å². The zero-order chi connectivity index (χ0) is 11.7. The predicted octanol–water partition coefficient (Wildman–Crippen LogP) is -0.529. The van der Waals surface area contributed by atoms with Crippen molar-refractivity contribution in [3.8, 4) is 0 Å². The normalized spacial score (nSPS) is 37.9. The smallest absolute Gasteiger partial charge is 0.230 e. The Balaban J connectivity index is 1.77. The number of nitrogens with one attached hydrogen (secondary N) is 1. The van der Waals surface area contributed by atoms with E-state index < -0.39 is 0 Å². The molecule has 0 aromatic rings. The van der Waals surface area contributed by atoms with Crippen molar-refractivity contribution in [3.05, 3.63) is 0 Å². The molecule has 0 bridgehead atoms. The fourth-order valence-electron chi connectivity index (χ4n) is 3.24. The van der Waals surface area contributed by atoms with Crippen LogP contribution in [-0.4, -0.2) is 63.4 Å². The van der Waals surface area contributed by atoms with Crippen LogP contribution in [0.15, 0.2) is 0 Å². The maximum Gasteiger partial charge on any atom is 0.230 e. The molecule has 3 rings (SSSR count). The quantitative estimate of drug-likeness (QED) is 0.669. The van der Waals surface area contributed by atoms with Gasteiger partial charge in [-0.3, -0.25) is 4.79 Å². The van der Waals surface area contributed by atoms with Crippen molar-refractivity contribution in [2.75, 3.05) is 52.6 Å². The van der Waals surface area contributed by atoms with Gasteiger partial charge in [0.25, 0.3) is 0 Å². The largest absolute Gasteiger partial charge is 0.381 e. The Morgan fingerprint density at radius 1 is 1.24 bits per heavy atom. The van der Waals surface area contributed by atoms with E-state index in [9.17, 15) is 4.79 Å². The molecule has 3 aliphatic heterocycles. The van der Waals surface area contributed by atoms with Crippen molar-refractivity contribution in [2.45, 2.75) is 6.42 Å². The number of ether oxygens (including phenoxy) is 2. The molecule has 2 unspecified atom stereocenters. The van der Waals surface area contributed by atoms with Crippen molar-refractivity contribution >= 4 is 5.91 Å². The van der Waals surface area contributed by atoms with Crippen LogP contribution in [0.2, 0.25) is 0 Å². The second kappa shape index (κ2) is 4.55. The molecule has 3 saturated heterocycles. The van der Waals surface area contributed by atoms with Crippen LogP contribution in [0.3, 0.4) is 0 Å². The lowest BCUT2D eigenvalue weighted by Gasteiger charge is -2.41. The first-order chi connectivity index (χ1) is 8.33. The Labute approximate surface area is 101 Å². The van der Waals surface area contributed by atoms with Crippen LogP contribution in [0.25, 0.3) is 0 Å². The zero-order valence-electron chi connectivity index (χ0n) is 10.1. The molecule has 1 amide bonds. The van der Waals surface area contributed by atoms with E-state index in [1.807, 2.05) is 4.90 Å². The number of hydrogen-bond donors (Lipinski definition) is 1. The second-order valence-corrected chi connectivity index (χ2v) is 5.21. The molecule has 0 saturated carbocycles. The van der Waals surface area contributed by atoms with Crippen molar-refractivity contribution in [1.29, 1.82) is 0 Å². The molecule has 0 radical (unpaired) electrons. The highest BCUT2D eigenvalue weighted by Gasteiger charge is 2.52. The van der Waals surface area contributed by atoms with Gasteiger partial charge in [-0.25, -0.2) is 0 Å². The lowest BCUT2D eigenvalue weighted by Crippen LogP contribution is -2.54. The number of carbonyl (C=O) groups is 1. The van der Waals surface area contributed by atoms with Gasteiger partial charge in [0.1, 0.15) is 0 Å². The Morgan fingerprint density at radius 3 is 2.88 bits per heavy atom. The van der Waals surface area contributed by atoms with Gasteiger partial charge in [0, 0.05) is 38.7 Å². The fourth-order valence-corrected chi connectivity index (χ4v) is 3.24. The maximum atomic E-state index is 12.7. The molecule has 3 fully saturated rings. The molecule has 96 valence electrons. The third kappa shape index (κ3) is 1.86. The average molecular weight is 240 g/mol. The van der Waals surface area contributed by atoms with Gasteiger partial charge in [0.15, 0.2) is 0 Å². The van der Waals surface area contributed by atoms with Gasteiger partial charge in [-0.1, -0.05) is 0 Å². The summed E-state index contributed by atoms with van der Waals surface area (Å²) in [5.41, 5.74) is -0.199. The zero-order valence-corrected chi connectivity index (χ0v) is 10.1. The molecule has 0 spiro atoms. The monoisotopic (exact) mass is 240 g/mol. The van der Waals surface area contributed by atoms with E-state index in [0.717, 1.165) is 39.2 Å². The van der Waals surface area contributed by atoms with Crippen molar-refractivity contribution in [2.24, 2.45) is 11.3 Å². The molecular formula is C12H20N2O3. The van der Waals surface area contributed by atoms with Gasteiger partial charge in [-0.05, 0) is 6.42 Å². The third-order valence-electron chi connectivity index (χ3n) is 4.35. The number of nitrogens with zero attached hydrogens (tertiary/aromatic N) is 1. The summed E-state index contributed by atoms with van der Waals surface area (Å²) in [6.07, 6.45) is 0.862. The summed E-state index contributed by atoms with van der Waals surface area (Å²) >= 11 is 0. The lowest BCUT2D eigenvalue weighted by molar-refractivity contribution is -0.154. The average Bonchev–Trinajstić information content (AvgIpc) is 2.84. The molecule has 2 atom stereocenters. The van der Waals surface area contributed by atoms with Crippen molar-refractivity contribution in [3.63, 3.8) is 0 Å². The standard InChI is InChI=1S/C12H20N2O3/c15-11(14-2-5-16-6-3-14)12-1-4-17-8-10(12)7-13-9-12/h10,13H,1-9H2. The van der Waals surface area contributed by atoms with Crippen LogP contribution in [0.5, 0.6) is 0 Å². The van der Waals surface area contributed by atoms with Crippen LogP contribution in [0, 0.1) is 11.3 Å².